The molecule has 0 radical (unpaired) electrons. The minimum atomic E-state index is 0.563. The van der Waals surface area contributed by atoms with Crippen LogP contribution in [0.15, 0.2) is 12.2 Å². The summed E-state index contributed by atoms with van der Waals surface area (Å²) in [6.07, 6.45) is 9.37. The molecule has 0 bridgehead atoms. The lowest BCUT2D eigenvalue weighted by Gasteiger charge is -2.42. The number of nitrogens with zero attached hydrogens (tertiary/aromatic N) is 1. The van der Waals surface area contributed by atoms with Gasteiger partial charge in [-0.25, -0.2) is 0 Å². The van der Waals surface area contributed by atoms with E-state index < -0.39 is 0 Å². The van der Waals surface area contributed by atoms with Crippen LogP contribution in [0.5, 0.6) is 0 Å². The van der Waals surface area contributed by atoms with Crippen molar-refractivity contribution >= 4 is 0 Å². The SMILES string of the molecule is C=C(C)CN1CCC(N[C@H]2CCCC23CCOCC3)CC1. The second-order valence-electron chi connectivity index (χ2n) is 7.59. The van der Waals surface area contributed by atoms with Crippen LogP contribution in [-0.2, 0) is 4.74 Å². The second kappa shape index (κ2) is 6.80. The summed E-state index contributed by atoms with van der Waals surface area (Å²) < 4.78 is 5.60. The minimum Gasteiger partial charge on any atom is -0.381 e. The summed E-state index contributed by atoms with van der Waals surface area (Å²) in [7, 11) is 0. The van der Waals surface area contributed by atoms with E-state index in [1.807, 2.05) is 0 Å². The largest absolute Gasteiger partial charge is 0.381 e. The molecule has 3 rings (SSSR count). The van der Waals surface area contributed by atoms with E-state index in [1.165, 1.54) is 63.6 Å². The molecule has 120 valence electrons. The number of piperidine rings is 1. The molecule has 2 aliphatic heterocycles. The van der Waals surface area contributed by atoms with Crippen molar-refractivity contribution in [2.45, 2.75) is 64.0 Å². The van der Waals surface area contributed by atoms with Crippen LogP contribution in [0, 0.1) is 5.41 Å². The Kier molecular flexibility index (Phi) is 5.03. The number of hydrogen-bond donors (Lipinski definition) is 1. The highest BCUT2D eigenvalue weighted by molar-refractivity contribution is 5.00. The summed E-state index contributed by atoms with van der Waals surface area (Å²) >= 11 is 0. The predicted octanol–water partition coefficient (Wildman–Crippen LogP) is 2.97. The summed E-state index contributed by atoms with van der Waals surface area (Å²) in [4.78, 5) is 2.55. The van der Waals surface area contributed by atoms with E-state index in [2.05, 4.69) is 23.7 Å². The van der Waals surface area contributed by atoms with Crippen LogP contribution < -0.4 is 5.32 Å². The van der Waals surface area contributed by atoms with Gasteiger partial charge in [0, 0.05) is 31.8 Å². The van der Waals surface area contributed by atoms with E-state index in [9.17, 15) is 0 Å². The van der Waals surface area contributed by atoms with Crippen LogP contribution in [-0.4, -0.2) is 49.8 Å². The number of nitrogens with one attached hydrogen (secondary N) is 1. The third kappa shape index (κ3) is 3.69. The van der Waals surface area contributed by atoms with E-state index in [0.717, 1.165) is 31.8 Å². The highest BCUT2D eigenvalue weighted by Gasteiger charge is 2.44. The lowest BCUT2D eigenvalue weighted by Crippen LogP contribution is -2.51. The maximum absolute atomic E-state index is 5.60. The molecule has 3 nitrogen and oxygen atoms in total. The molecule has 1 atom stereocenters. The minimum absolute atomic E-state index is 0.563. The Morgan fingerprint density at radius 1 is 1.19 bits per heavy atom. The molecular weight excluding hydrogens is 260 g/mol. The molecule has 1 N–H and O–H groups in total. The van der Waals surface area contributed by atoms with Crippen molar-refractivity contribution in [2.24, 2.45) is 5.41 Å². The molecule has 3 aliphatic rings. The number of hydrogen-bond acceptors (Lipinski definition) is 3. The van der Waals surface area contributed by atoms with Gasteiger partial charge in [-0.2, -0.15) is 0 Å². The maximum Gasteiger partial charge on any atom is 0.0471 e. The summed E-state index contributed by atoms with van der Waals surface area (Å²) in [5.41, 5.74) is 1.85. The fraction of sp³-hybridized carbons (Fsp3) is 0.889. The molecule has 1 aliphatic carbocycles. The zero-order chi connectivity index (χ0) is 14.7. The van der Waals surface area contributed by atoms with Gasteiger partial charge in [0.1, 0.15) is 0 Å². The Morgan fingerprint density at radius 2 is 1.90 bits per heavy atom. The van der Waals surface area contributed by atoms with Crippen LogP contribution >= 0.6 is 0 Å². The number of ether oxygens (including phenoxy) is 1. The van der Waals surface area contributed by atoms with Crippen LogP contribution in [0.3, 0.4) is 0 Å². The lowest BCUT2D eigenvalue weighted by atomic mass is 9.75. The van der Waals surface area contributed by atoms with Crippen molar-refractivity contribution in [1.82, 2.24) is 10.2 Å². The summed E-state index contributed by atoms with van der Waals surface area (Å²) in [5.74, 6) is 0. The monoisotopic (exact) mass is 292 g/mol. The van der Waals surface area contributed by atoms with Gasteiger partial charge >= 0.3 is 0 Å². The van der Waals surface area contributed by atoms with Crippen molar-refractivity contribution in [3.63, 3.8) is 0 Å². The van der Waals surface area contributed by atoms with E-state index in [-0.39, 0.29) is 0 Å². The first-order valence-corrected chi connectivity index (χ1v) is 8.88. The molecule has 1 saturated carbocycles. The Labute approximate surface area is 130 Å². The van der Waals surface area contributed by atoms with Crippen molar-refractivity contribution in [2.75, 3.05) is 32.8 Å². The summed E-state index contributed by atoms with van der Waals surface area (Å²) in [6.45, 7) is 11.7. The quantitative estimate of drug-likeness (QED) is 0.806. The van der Waals surface area contributed by atoms with Gasteiger partial charge in [0.25, 0.3) is 0 Å². The van der Waals surface area contributed by atoms with Crippen LogP contribution in [0.25, 0.3) is 0 Å². The van der Waals surface area contributed by atoms with Gasteiger partial charge in [0.05, 0.1) is 0 Å². The smallest absolute Gasteiger partial charge is 0.0471 e. The highest BCUT2D eigenvalue weighted by atomic mass is 16.5. The van der Waals surface area contributed by atoms with E-state index in [4.69, 9.17) is 4.74 Å². The van der Waals surface area contributed by atoms with Crippen LogP contribution in [0.1, 0.15) is 51.9 Å². The Bertz CT molecular complexity index is 354. The predicted molar refractivity (Wildman–Crippen MR) is 87.5 cm³/mol. The first kappa shape index (κ1) is 15.5. The van der Waals surface area contributed by atoms with Gasteiger partial charge in [0.15, 0.2) is 0 Å². The van der Waals surface area contributed by atoms with Crippen LogP contribution in [0.2, 0.25) is 0 Å². The summed E-state index contributed by atoms with van der Waals surface area (Å²) in [5, 5.41) is 4.05. The fourth-order valence-electron chi connectivity index (χ4n) is 4.70. The van der Waals surface area contributed by atoms with Crippen molar-refractivity contribution in [1.29, 1.82) is 0 Å². The van der Waals surface area contributed by atoms with E-state index in [0.29, 0.717) is 5.41 Å². The zero-order valence-corrected chi connectivity index (χ0v) is 13.7. The first-order chi connectivity index (χ1) is 10.2. The van der Waals surface area contributed by atoms with Crippen LogP contribution in [0.4, 0.5) is 0 Å². The molecule has 1 spiro atoms. The lowest BCUT2D eigenvalue weighted by molar-refractivity contribution is 0.000953. The van der Waals surface area contributed by atoms with Gasteiger partial charge in [-0.05, 0) is 64.0 Å². The normalized spacial score (nSPS) is 30.8. The third-order valence-electron chi connectivity index (χ3n) is 5.91. The topological polar surface area (TPSA) is 24.5 Å². The van der Waals surface area contributed by atoms with Gasteiger partial charge in [-0.3, -0.25) is 4.90 Å². The van der Waals surface area contributed by atoms with Gasteiger partial charge in [-0.15, -0.1) is 0 Å². The zero-order valence-electron chi connectivity index (χ0n) is 13.7. The standard InChI is InChI=1S/C18H32N2O/c1-15(2)14-20-10-5-16(6-11-20)19-17-4-3-7-18(17)8-12-21-13-9-18/h16-17,19H,1,3-14H2,2H3/t17-/m0/s1. The molecule has 3 fully saturated rings. The molecule has 0 aromatic heterocycles. The van der Waals surface area contributed by atoms with Gasteiger partial charge in [-0.1, -0.05) is 18.6 Å². The van der Waals surface area contributed by atoms with E-state index in [1.54, 1.807) is 0 Å². The third-order valence-corrected chi connectivity index (χ3v) is 5.91. The number of rotatable bonds is 4. The molecule has 0 aromatic rings. The Balaban J connectivity index is 1.49. The Morgan fingerprint density at radius 3 is 2.57 bits per heavy atom. The Hall–Kier alpha value is -0.380. The molecular formula is C18H32N2O. The fourth-order valence-corrected chi connectivity index (χ4v) is 4.70. The summed E-state index contributed by atoms with van der Waals surface area (Å²) in [6, 6.07) is 1.48. The van der Waals surface area contributed by atoms with Crippen molar-refractivity contribution in [3.8, 4) is 0 Å². The van der Waals surface area contributed by atoms with Crippen molar-refractivity contribution < 1.29 is 4.74 Å². The molecule has 0 unspecified atom stereocenters. The average Bonchev–Trinajstić information content (AvgIpc) is 2.84. The second-order valence-corrected chi connectivity index (χ2v) is 7.59. The highest BCUT2D eigenvalue weighted by Crippen LogP contribution is 2.46. The van der Waals surface area contributed by atoms with E-state index >= 15 is 0 Å². The molecule has 0 aromatic carbocycles. The first-order valence-electron chi connectivity index (χ1n) is 8.88. The van der Waals surface area contributed by atoms with Gasteiger partial charge < -0.3 is 10.1 Å². The maximum atomic E-state index is 5.60. The van der Waals surface area contributed by atoms with Gasteiger partial charge in [0.2, 0.25) is 0 Å². The molecule has 21 heavy (non-hydrogen) atoms. The molecule has 3 heteroatoms. The molecule has 0 amide bonds. The van der Waals surface area contributed by atoms with Crippen molar-refractivity contribution in [3.05, 3.63) is 12.2 Å². The number of likely N-dealkylation sites (tertiary alicyclic amines) is 1. The molecule has 2 heterocycles. The average molecular weight is 292 g/mol. The molecule has 2 saturated heterocycles.